The Morgan fingerprint density at radius 3 is 2.73 bits per heavy atom. The Bertz CT molecular complexity index is 170. The van der Waals surface area contributed by atoms with Crippen LogP contribution in [0.3, 0.4) is 0 Å². The molecule has 11 heavy (non-hydrogen) atoms. The van der Waals surface area contributed by atoms with Crippen molar-refractivity contribution < 1.29 is 40.9 Å². The third-order valence-electron chi connectivity index (χ3n) is 2.04. The van der Waals surface area contributed by atoms with Crippen LogP contribution in [-0.4, -0.2) is 11.1 Å². The molecule has 1 aliphatic carbocycles. The fourth-order valence-corrected chi connectivity index (χ4v) is 1.33. The number of rotatable bonds is 1. The first kappa shape index (κ1) is 11.2. The van der Waals surface area contributed by atoms with Crippen molar-refractivity contribution in [3.8, 4) is 0 Å². The van der Waals surface area contributed by atoms with Crippen molar-refractivity contribution in [2.45, 2.75) is 19.8 Å². The molecule has 2 unspecified atom stereocenters. The summed E-state index contributed by atoms with van der Waals surface area (Å²) in [5.41, 5.74) is 0. The van der Waals surface area contributed by atoms with Crippen LogP contribution >= 0.6 is 0 Å². The van der Waals surface area contributed by atoms with Crippen LogP contribution < -0.4 is 29.6 Å². The van der Waals surface area contributed by atoms with Crippen LogP contribution in [0.25, 0.3) is 0 Å². The van der Waals surface area contributed by atoms with Gasteiger partial charge in [0, 0.05) is 0 Å². The van der Waals surface area contributed by atoms with Crippen molar-refractivity contribution in [1.82, 2.24) is 0 Å². The fourth-order valence-electron chi connectivity index (χ4n) is 1.33. The number of aliphatic carboxylic acids is 1. The molecule has 0 fully saturated rings. The Kier molecular flexibility index (Phi) is 5.06. The zero-order chi connectivity index (χ0) is 7.56. The van der Waals surface area contributed by atoms with E-state index in [2.05, 4.69) is 6.08 Å². The second-order valence-electron chi connectivity index (χ2n) is 2.81. The first-order chi connectivity index (χ1) is 4.72. The summed E-state index contributed by atoms with van der Waals surface area (Å²) in [6.45, 7) is 1.95. The van der Waals surface area contributed by atoms with Crippen LogP contribution in [-0.2, 0) is 4.79 Å². The molecule has 0 amide bonds. The quantitative estimate of drug-likeness (QED) is 0.390. The first-order valence-corrected chi connectivity index (χ1v) is 3.61. The van der Waals surface area contributed by atoms with E-state index in [1.54, 1.807) is 0 Å². The average Bonchev–Trinajstić information content (AvgIpc) is 1.88. The molecule has 2 nitrogen and oxygen atoms in total. The van der Waals surface area contributed by atoms with E-state index in [9.17, 15) is 4.79 Å². The van der Waals surface area contributed by atoms with Crippen LogP contribution in [0.4, 0.5) is 0 Å². The van der Waals surface area contributed by atoms with Gasteiger partial charge in [0.05, 0.1) is 5.92 Å². The number of carbonyl (C=O) groups is 1. The number of hydrogen-bond donors (Lipinski definition) is 1. The molecule has 0 saturated carbocycles. The minimum atomic E-state index is -0.656. The minimum Gasteiger partial charge on any atom is -1.00 e. The van der Waals surface area contributed by atoms with E-state index in [-0.39, 0.29) is 42.8 Å². The molecular formula is C8H13NaO2. The monoisotopic (exact) mass is 164 g/mol. The molecule has 0 aromatic heterocycles. The SMILES string of the molecule is CC1C=CCCC1C(=O)O.[H-].[Na+]. The van der Waals surface area contributed by atoms with E-state index in [0.29, 0.717) is 0 Å². The van der Waals surface area contributed by atoms with Gasteiger partial charge in [-0.3, -0.25) is 4.79 Å². The Labute approximate surface area is 90.5 Å². The van der Waals surface area contributed by atoms with Gasteiger partial charge in [-0.25, -0.2) is 0 Å². The fraction of sp³-hybridized carbons (Fsp3) is 0.625. The van der Waals surface area contributed by atoms with Gasteiger partial charge >= 0.3 is 35.5 Å². The van der Waals surface area contributed by atoms with Crippen molar-refractivity contribution in [1.29, 1.82) is 0 Å². The molecule has 0 bridgehead atoms. The summed E-state index contributed by atoms with van der Waals surface area (Å²) < 4.78 is 0. The van der Waals surface area contributed by atoms with E-state index < -0.39 is 5.97 Å². The summed E-state index contributed by atoms with van der Waals surface area (Å²) in [6.07, 6.45) is 5.76. The van der Waals surface area contributed by atoms with Crippen LogP contribution in [0.1, 0.15) is 21.2 Å². The van der Waals surface area contributed by atoms with E-state index in [4.69, 9.17) is 5.11 Å². The summed E-state index contributed by atoms with van der Waals surface area (Å²) in [6, 6.07) is 0. The summed E-state index contributed by atoms with van der Waals surface area (Å²) in [7, 11) is 0. The van der Waals surface area contributed by atoms with Gasteiger partial charge in [-0.2, -0.15) is 0 Å². The van der Waals surface area contributed by atoms with E-state index in [1.807, 2.05) is 13.0 Å². The smallest absolute Gasteiger partial charge is 1.00 e. The third kappa shape index (κ3) is 2.97. The summed E-state index contributed by atoms with van der Waals surface area (Å²) in [4.78, 5) is 10.5. The number of allylic oxidation sites excluding steroid dienone is 2. The Hall–Kier alpha value is 0.210. The molecular weight excluding hydrogens is 151 g/mol. The molecule has 2 atom stereocenters. The second-order valence-corrected chi connectivity index (χ2v) is 2.81. The van der Waals surface area contributed by atoms with Gasteiger partial charge in [0.2, 0.25) is 0 Å². The van der Waals surface area contributed by atoms with Gasteiger partial charge in [-0.15, -0.1) is 0 Å². The normalized spacial score (nSPS) is 29.2. The molecule has 0 heterocycles. The van der Waals surface area contributed by atoms with Crippen molar-refractivity contribution in [3.63, 3.8) is 0 Å². The van der Waals surface area contributed by atoms with Crippen LogP contribution in [0.2, 0.25) is 0 Å². The average molecular weight is 164 g/mol. The predicted octanol–water partition coefficient (Wildman–Crippen LogP) is -1.21. The van der Waals surface area contributed by atoms with Gasteiger partial charge in [0.1, 0.15) is 0 Å². The molecule has 3 heteroatoms. The van der Waals surface area contributed by atoms with Crippen LogP contribution in [0, 0.1) is 11.8 Å². The maximum absolute atomic E-state index is 10.5. The number of hydrogen-bond acceptors (Lipinski definition) is 1. The topological polar surface area (TPSA) is 37.3 Å². The van der Waals surface area contributed by atoms with Gasteiger partial charge in [0.15, 0.2) is 0 Å². The van der Waals surface area contributed by atoms with Gasteiger partial charge in [-0.05, 0) is 18.8 Å². The second kappa shape index (κ2) is 4.96. The van der Waals surface area contributed by atoms with Gasteiger partial charge < -0.3 is 6.53 Å². The molecule has 0 spiro atoms. The zero-order valence-electron chi connectivity index (χ0n) is 8.08. The molecule has 0 aromatic rings. The molecule has 1 rings (SSSR count). The third-order valence-corrected chi connectivity index (χ3v) is 2.04. The molecule has 0 radical (unpaired) electrons. The standard InChI is InChI=1S/C8H12O2.Na.H/c1-6-4-2-3-5-7(6)8(9)10;;/h2,4,6-7H,3,5H2,1H3,(H,9,10);;/q;+1;-1. The van der Waals surface area contributed by atoms with Crippen LogP contribution in [0.15, 0.2) is 12.2 Å². The molecule has 0 aliphatic heterocycles. The molecule has 1 aliphatic rings. The van der Waals surface area contributed by atoms with E-state index in [0.717, 1.165) is 12.8 Å². The largest absolute Gasteiger partial charge is 1.00 e. The number of carboxylic acids is 1. The summed E-state index contributed by atoms with van der Waals surface area (Å²) in [5.74, 6) is -0.590. The van der Waals surface area contributed by atoms with E-state index in [1.165, 1.54) is 0 Å². The van der Waals surface area contributed by atoms with Crippen molar-refractivity contribution in [2.24, 2.45) is 11.8 Å². The van der Waals surface area contributed by atoms with Gasteiger partial charge in [0.25, 0.3) is 0 Å². The number of carboxylic acid groups (broad SMARTS) is 1. The maximum atomic E-state index is 10.5. The Morgan fingerprint density at radius 1 is 1.73 bits per heavy atom. The van der Waals surface area contributed by atoms with E-state index >= 15 is 0 Å². The van der Waals surface area contributed by atoms with Crippen molar-refractivity contribution >= 4 is 5.97 Å². The van der Waals surface area contributed by atoms with Crippen molar-refractivity contribution in [2.75, 3.05) is 0 Å². The Morgan fingerprint density at radius 2 is 2.36 bits per heavy atom. The summed E-state index contributed by atoms with van der Waals surface area (Å²) in [5, 5.41) is 8.67. The van der Waals surface area contributed by atoms with Crippen molar-refractivity contribution in [3.05, 3.63) is 12.2 Å². The summed E-state index contributed by atoms with van der Waals surface area (Å²) >= 11 is 0. The van der Waals surface area contributed by atoms with Gasteiger partial charge in [-0.1, -0.05) is 19.1 Å². The Balaban J connectivity index is 0. The predicted molar refractivity (Wildman–Crippen MR) is 39.8 cm³/mol. The first-order valence-electron chi connectivity index (χ1n) is 3.61. The minimum absolute atomic E-state index is 0. The maximum Gasteiger partial charge on any atom is 1.00 e. The molecule has 0 aromatic carbocycles. The zero-order valence-corrected chi connectivity index (χ0v) is 9.08. The molecule has 1 N–H and O–H groups in total. The molecule has 0 saturated heterocycles. The van der Waals surface area contributed by atoms with Crippen LogP contribution in [0.5, 0.6) is 0 Å². The molecule has 58 valence electrons.